The normalized spacial score (nSPS) is 10.7. The zero-order chi connectivity index (χ0) is 14.8. The summed E-state index contributed by atoms with van der Waals surface area (Å²) in [5.41, 5.74) is 7.20. The minimum absolute atomic E-state index is 0.284. The fourth-order valence-electron chi connectivity index (χ4n) is 2.36. The Morgan fingerprint density at radius 3 is 2.50 bits per heavy atom. The van der Waals surface area contributed by atoms with Gasteiger partial charge in [-0.25, -0.2) is 0 Å². The molecule has 1 amide bonds. The van der Waals surface area contributed by atoms with Crippen LogP contribution in [0.5, 0.6) is 5.75 Å². The highest BCUT2D eigenvalue weighted by atomic mass is 16.3. The zero-order valence-electron chi connectivity index (χ0n) is 12.5. The minimum atomic E-state index is -0.284. The molecule has 1 rings (SSSR count). The average molecular weight is 277 g/mol. The predicted octanol–water partition coefficient (Wildman–Crippen LogP) is 3.71. The molecule has 0 bridgehead atoms. The number of hydrogen-bond acceptors (Lipinski definition) is 2. The summed E-state index contributed by atoms with van der Waals surface area (Å²) in [6, 6.07) is 5.91. The van der Waals surface area contributed by atoms with Crippen LogP contribution >= 0.6 is 0 Å². The van der Waals surface area contributed by atoms with Gasteiger partial charge in [0.25, 0.3) is 0 Å². The van der Waals surface area contributed by atoms with Gasteiger partial charge in [-0.1, -0.05) is 44.7 Å². The highest BCUT2D eigenvalue weighted by Crippen LogP contribution is 2.22. The van der Waals surface area contributed by atoms with Crippen molar-refractivity contribution in [2.45, 2.75) is 64.7 Å². The molecule has 3 heteroatoms. The third kappa shape index (κ3) is 6.60. The fourth-order valence-corrected chi connectivity index (χ4v) is 2.36. The molecule has 3 nitrogen and oxygen atoms in total. The van der Waals surface area contributed by atoms with Crippen molar-refractivity contribution < 1.29 is 9.90 Å². The predicted molar refractivity (Wildman–Crippen MR) is 82.7 cm³/mol. The number of phenols is 1. The Bertz CT molecular complexity index is 415. The van der Waals surface area contributed by atoms with Gasteiger partial charge in [-0.3, -0.25) is 4.79 Å². The molecular weight excluding hydrogens is 250 g/mol. The van der Waals surface area contributed by atoms with E-state index < -0.39 is 0 Å². The number of aromatic hydroxyl groups is 1. The van der Waals surface area contributed by atoms with Crippen LogP contribution in [0, 0.1) is 0 Å². The van der Waals surface area contributed by atoms with Crippen LogP contribution in [0.3, 0.4) is 0 Å². The molecule has 0 aromatic heterocycles. The van der Waals surface area contributed by atoms with Crippen molar-refractivity contribution >= 4 is 5.91 Å². The van der Waals surface area contributed by atoms with Crippen LogP contribution in [0.25, 0.3) is 0 Å². The second kappa shape index (κ2) is 9.40. The first-order chi connectivity index (χ1) is 9.63. The van der Waals surface area contributed by atoms with E-state index >= 15 is 0 Å². The topological polar surface area (TPSA) is 63.3 Å². The van der Waals surface area contributed by atoms with Gasteiger partial charge in [-0.05, 0) is 42.9 Å². The number of aryl methyl sites for hydroxylation is 2. The van der Waals surface area contributed by atoms with E-state index in [1.807, 2.05) is 12.1 Å². The van der Waals surface area contributed by atoms with Crippen molar-refractivity contribution in [2.24, 2.45) is 5.73 Å². The Kier molecular flexibility index (Phi) is 7.78. The molecule has 0 fully saturated rings. The van der Waals surface area contributed by atoms with Gasteiger partial charge in [0.05, 0.1) is 0 Å². The van der Waals surface area contributed by atoms with E-state index in [-0.39, 0.29) is 5.91 Å². The fraction of sp³-hybridized carbons (Fsp3) is 0.588. The van der Waals surface area contributed by atoms with E-state index in [0.29, 0.717) is 25.0 Å². The van der Waals surface area contributed by atoms with Crippen LogP contribution in [0.2, 0.25) is 0 Å². The van der Waals surface area contributed by atoms with E-state index in [0.717, 1.165) is 12.0 Å². The first-order valence-corrected chi connectivity index (χ1v) is 7.72. The molecule has 0 spiro atoms. The number of primary amides is 1. The van der Waals surface area contributed by atoms with Gasteiger partial charge >= 0.3 is 0 Å². The zero-order valence-corrected chi connectivity index (χ0v) is 12.5. The van der Waals surface area contributed by atoms with Crippen molar-refractivity contribution in [3.8, 4) is 5.75 Å². The van der Waals surface area contributed by atoms with Gasteiger partial charge in [0.2, 0.25) is 5.91 Å². The van der Waals surface area contributed by atoms with Gasteiger partial charge in [0.15, 0.2) is 0 Å². The van der Waals surface area contributed by atoms with E-state index in [4.69, 9.17) is 5.73 Å². The van der Waals surface area contributed by atoms with Crippen LogP contribution in [0.15, 0.2) is 18.2 Å². The summed E-state index contributed by atoms with van der Waals surface area (Å²) in [5.74, 6) is 0.0636. The Balaban J connectivity index is 2.36. The van der Waals surface area contributed by atoms with Gasteiger partial charge in [-0.2, -0.15) is 0 Å². The molecule has 0 heterocycles. The second-order valence-electron chi connectivity index (χ2n) is 5.45. The number of carbonyl (C=O) groups is 1. The molecule has 0 aliphatic carbocycles. The van der Waals surface area contributed by atoms with Gasteiger partial charge < -0.3 is 10.8 Å². The first kappa shape index (κ1) is 16.5. The lowest BCUT2D eigenvalue weighted by Gasteiger charge is -2.07. The number of carbonyl (C=O) groups excluding carboxylic acids is 1. The summed E-state index contributed by atoms with van der Waals surface area (Å²) in [6.07, 6.45) is 9.11. The number of amides is 1. The van der Waals surface area contributed by atoms with Gasteiger partial charge in [0, 0.05) is 6.42 Å². The third-order valence-corrected chi connectivity index (χ3v) is 3.59. The lowest BCUT2D eigenvalue weighted by atomic mass is 10.0. The van der Waals surface area contributed by atoms with Crippen molar-refractivity contribution in [1.29, 1.82) is 0 Å². The van der Waals surface area contributed by atoms with Crippen LogP contribution in [0.4, 0.5) is 0 Å². The van der Waals surface area contributed by atoms with E-state index in [1.165, 1.54) is 37.7 Å². The summed E-state index contributed by atoms with van der Waals surface area (Å²) in [7, 11) is 0. The minimum Gasteiger partial charge on any atom is -0.508 e. The highest BCUT2D eigenvalue weighted by molar-refractivity contribution is 5.73. The van der Waals surface area contributed by atoms with Gasteiger partial charge in [-0.15, -0.1) is 0 Å². The smallest absolute Gasteiger partial charge is 0.217 e. The molecule has 0 saturated carbocycles. The van der Waals surface area contributed by atoms with E-state index in [2.05, 4.69) is 13.0 Å². The Hall–Kier alpha value is -1.51. The lowest BCUT2D eigenvalue weighted by Crippen LogP contribution is -2.10. The summed E-state index contributed by atoms with van der Waals surface area (Å²) in [6.45, 7) is 2.22. The average Bonchev–Trinajstić information content (AvgIpc) is 2.40. The molecular formula is C17H27NO2. The summed E-state index contributed by atoms with van der Waals surface area (Å²) in [5, 5.41) is 9.98. The standard InChI is InChI=1S/C17H27NO2/c1-2-3-4-5-6-8-14-11-12-15(16(19)13-14)9-7-10-17(18)20/h11-13,19H,2-10H2,1H3,(H2,18,20). The van der Waals surface area contributed by atoms with Crippen LogP contribution in [-0.4, -0.2) is 11.0 Å². The van der Waals surface area contributed by atoms with E-state index in [1.54, 1.807) is 0 Å². The molecule has 112 valence electrons. The van der Waals surface area contributed by atoms with E-state index in [9.17, 15) is 9.90 Å². The number of unbranched alkanes of at least 4 members (excludes halogenated alkanes) is 4. The van der Waals surface area contributed by atoms with Crippen LogP contribution < -0.4 is 5.73 Å². The molecule has 20 heavy (non-hydrogen) atoms. The maximum atomic E-state index is 10.7. The van der Waals surface area contributed by atoms with Crippen LogP contribution in [0.1, 0.15) is 63.0 Å². The second-order valence-corrected chi connectivity index (χ2v) is 5.45. The number of nitrogens with two attached hydrogens (primary N) is 1. The number of hydrogen-bond donors (Lipinski definition) is 2. The molecule has 3 N–H and O–H groups in total. The largest absolute Gasteiger partial charge is 0.508 e. The molecule has 0 aliphatic heterocycles. The van der Waals surface area contributed by atoms with Crippen LogP contribution in [-0.2, 0) is 17.6 Å². The first-order valence-electron chi connectivity index (χ1n) is 7.72. The van der Waals surface area contributed by atoms with Gasteiger partial charge in [0.1, 0.15) is 5.75 Å². The molecule has 0 saturated heterocycles. The molecule has 0 atom stereocenters. The molecule has 0 radical (unpaired) electrons. The molecule has 1 aromatic carbocycles. The summed E-state index contributed by atoms with van der Waals surface area (Å²) >= 11 is 0. The van der Waals surface area contributed by atoms with Crippen molar-refractivity contribution in [3.63, 3.8) is 0 Å². The number of benzene rings is 1. The maximum Gasteiger partial charge on any atom is 0.217 e. The maximum absolute atomic E-state index is 10.7. The summed E-state index contributed by atoms with van der Waals surface area (Å²) < 4.78 is 0. The molecule has 0 aliphatic rings. The van der Waals surface area contributed by atoms with Crippen molar-refractivity contribution in [2.75, 3.05) is 0 Å². The Morgan fingerprint density at radius 1 is 1.10 bits per heavy atom. The monoisotopic (exact) mass is 277 g/mol. The van der Waals surface area contributed by atoms with Crippen molar-refractivity contribution in [3.05, 3.63) is 29.3 Å². The SMILES string of the molecule is CCCCCCCc1ccc(CCCC(N)=O)c(O)c1. The Labute approximate surface area is 122 Å². The number of rotatable bonds is 10. The highest BCUT2D eigenvalue weighted by Gasteiger charge is 2.04. The number of phenolic OH excluding ortho intramolecular Hbond substituents is 1. The quantitative estimate of drug-likeness (QED) is 0.640. The Morgan fingerprint density at radius 2 is 1.85 bits per heavy atom. The molecule has 1 aromatic rings. The van der Waals surface area contributed by atoms with Crippen molar-refractivity contribution in [1.82, 2.24) is 0 Å². The lowest BCUT2D eigenvalue weighted by molar-refractivity contribution is -0.118. The summed E-state index contributed by atoms with van der Waals surface area (Å²) in [4.78, 5) is 10.7. The molecule has 0 unspecified atom stereocenters. The third-order valence-electron chi connectivity index (χ3n) is 3.59.